The molecule has 1 N–H and O–H groups in total. The van der Waals surface area contributed by atoms with E-state index < -0.39 is 5.97 Å². The fourth-order valence-electron chi connectivity index (χ4n) is 1.25. The number of carbonyl (C=O) groups excluding carboxylic acids is 2. The monoisotopic (exact) mass is 315 g/mol. The van der Waals surface area contributed by atoms with Crippen molar-refractivity contribution in [1.82, 2.24) is 15.1 Å². The van der Waals surface area contributed by atoms with Crippen LogP contribution in [-0.2, 0) is 16.6 Å². The minimum atomic E-state index is -0.490. The Balaban J connectivity index is 2.70. The average Bonchev–Trinajstić information content (AvgIpc) is 2.57. The van der Waals surface area contributed by atoms with Crippen LogP contribution >= 0.6 is 15.9 Å². The van der Waals surface area contributed by atoms with Gasteiger partial charge in [-0.25, -0.2) is 4.79 Å². The molecule has 6 nitrogen and oxygen atoms in total. The van der Waals surface area contributed by atoms with E-state index in [2.05, 4.69) is 26.3 Å². The molecule has 7 heteroatoms. The first-order chi connectivity index (χ1) is 8.43. The zero-order chi connectivity index (χ0) is 13.7. The maximum Gasteiger partial charge on any atom is 0.332 e. The molecule has 0 spiro atoms. The fourth-order valence-corrected chi connectivity index (χ4v) is 1.80. The molecule has 1 aromatic heterocycles. The highest BCUT2D eigenvalue weighted by atomic mass is 79.9. The zero-order valence-electron chi connectivity index (χ0n) is 10.4. The first-order valence-corrected chi connectivity index (χ1v) is 6.09. The lowest BCUT2D eigenvalue weighted by molar-refractivity contribution is -0.137. The van der Waals surface area contributed by atoms with E-state index in [9.17, 15) is 9.59 Å². The number of rotatable bonds is 4. The topological polar surface area (TPSA) is 73.2 Å². The van der Waals surface area contributed by atoms with Crippen molar-refractivity contribution in [2.24, 2.45) is 7.05 Å². The highest BCUT2D eigenvalue weighted by Crippen LogP contribution is 2.14. The van der Waals surface area contributed by atoms with Crippen LogP contribution in [0.3, 0.4) is 0 Å². The first kappa shape index (κ1) is 14.4. The van der Waals surface area contributed by atoms with Gasteiger partial charge in [-0.1, -0.05) is 0 Å². The SMILES string of the molecule is CCOC(=O)/C=C(\C)NC(=O)c1nn(C)cc1Br. The summed E-state index contributed by atoms with van der Waals surface area (Å²) in [5.74, 6) is -0.879. The molecule has 0 saturated heterocycles. The Morgan fingerprint density at radius 1 is 1.61 bits per heavy atom. The quantitative estimate of drug-likeness (QED) is 0.673. The second kappa shape index (κ2) is 6.34. The van der Waals surface area contributed by atoms with Gasteiger partial charge in [-0.05, 0) is 29.8 Å². The van der Waals surface area contributed by atoms with Crippen LogP contribution in [0.4, 0.5) is 0 Å². The number of ether oxygens (including phenoxy) is 1. The molecule has 1 aromatic rings. The van der Waals surface area contributed by atoms with Crippen molar-refractivity contribution in [3.05, 3.63) is 28.1 Å². The Hall–Kier alpha value is -1.63. The third-order valence-electron chi connectivity index (χ3n) is 1.93. The lowest BCUT2D eigenvalue weighted by Gasteiger charge is -2.03. The molecule has 0 atom stereocenters. The number of esters is 1. The zero-order valence-corrected chi connectivity index (χ0v) is 11.9. The largest absolute Gasteiger partial charge is 0.463 e. The summed E-state index contributed by atoms with van der Waals surface area (Å²) in [5, 5.41) is 6.55. The molecule has 18 heavy (non-hydrogen) atoms. The Bertz CT molecular complexity index is 494. The number of nitrogens with zero attached hydrogens (tertiary/aromatic N) is 2. The van der Waals surface area contributed by atoms with Gasteiger partial charge in [0.15, 0.2) is 5.69 Å². The summed E-state index contributed by atoms with van der Waals surface area (Å²) in [6, 6.07) is 0. The van der Waals surface area contributed by atoms with E-state index in [1.165, 1.54) is 10.8 Å². The first-order valence-electron chi connectivity index (χ1n) is 5.29. The van der Waals surface area contributed by atoms with E-state index in [4.69, 9.17) is 4.74 Å². The molecule has 0 fully saturated rings. The van der Waals surface area contributed by atoms with Crippen molar-refractivity contribution in [3.63, 3.8) is 0 Å². The third-order valence-corrected chi connectivity index (χ3v) is 2.51. The van der Waals surface area contributed by atoms with Gasteiger partial charge >= 0.3 is 5.97 Å². The average molecular weight is 316 g/mol. The molecule has 0 aliphatic heterocycles. The smallest absolute Gasteiger partial charge is 0.332 e. The summed E-state index contributed by atoms with van der Waals surface area (Å²) in [4.78, 5) is 23.0. The van der Waals surface area contributed by atoms with Crippen molar-refractivity contribution in [2.45, 2.75) is 13.8 Å². The summed E-state index contributed by atoms with van der Waals surface area (Å²) in [7, 11) is 1.71. The number of amides is 1. The molecule has 0 unspecified atom stereocenters. The van der Waals surface area contributed by atoms with Crippen LogP contribution in [0.2, 0.25) is 0 Å². The number of hydrogen-bond acceptors (Lipinski definition) is 4. The molecule has 0 aliphatic carbocycles. The number of hydrogen-bond donors (Lipinski definition) is 1. The highest BCUT2D eigenvalue weighted by Gasteiger charge is 2.14. The van der Waals surface area contributed by atoms with Crippen LogP contribution in [-0.4, -0.2) is 28.3 Å². The number of halogens is 1. The molecule has 1 heterocycles. The molecule has 98 valence electrons. The van der Waals surface area contributed by atoms with Crippen LogP contribution in [0.25, 0.3) is 0 Å². The summed E-state index contributed by atoms with van der Waals surface area (Å²) < 4.78 is 6.84. The van der Waals surface area contributed by atoms with Crippen molar-refractivity contribution in [2.75, 3.05) is 6.61 Å². The number of allylic oxidation sites excluding steroid dienone is 1. The van der Waals surface area contributed by atoms with Gasteiger partial charge in [0.05, 0.1) is 11.1 Å². The number of nitrogens with one attached hydrogen (secondary N) is 1. The third kappa shape index (κ3) is 3.99. The van der Waals surface area contributed by atoms with E-state index in [1.54, 1.807) is 27.1 Å². The minimum Gasteiger partial charge on any atom is -0.463 e. The van der Waals surface area contributed by atoms with Crippen LogP contribution < -0.4 is 5.32 Å². The van der Waals surface area contributed by atoms with Gasteiger partial charge in [-0.2, -0.15) is 5.10 Å². The molecule has 1 rings (SSSR count). The summed E-state index contributed by atoms with van der Waals surface area (Å²) in [6.07, 6.45) is 2.89. The summed E-state index contributed by atoms with van der Waals surface area (Å²) >= 11 is 3.23. The Morgan fingerprint density at radius 2 is 2.28 bits per heavy atom. The Morgan fingerprint density at radius 3 is 2.78 bits per heavy atom. The minimum absolute atomic E-state index is 0.258. The van der Waals surface area contributed by atoms with Crippen LogP contribution in [0, 0.1) is 0 Å². The van der Waals surface area contributed by atoms with Gasteiger partial charge in [0, 0.05) is 25.0 Å². The van der Waals surface area contributed by atoms with E-state index >= 15 is 0 Å². The molecule has 0 saturated carbocycles. The second-order valence-electron chi connectivity index (χ2n) is 3.53. The normalized spacial score (nSPS) is 11.2. The molecule has 1 amide bonds. The fraction of sp³-hybridized carbons (Fsp3) is 0.364. The maximum atomic E-state index is 11.8. The lowest BCUT2D eigenvalue weighted by atomic mass is 10.3. The second-order valence-corrected chi connectivity index (χ2v) is 4.39. The summed E-state index contributed by atoms with van der Waals surface area (Å²) in [5.41, 5.74) is 0.658. The van der Waals surface area contributed by atoms with E-state index in [1.807, 2.05) is 0 Å². The lowest BCUT2D eigenvalue weighted by Crippen LogP contribution is -2.23. The van der Waals surface area contributed by atoms with Crippen molar-refractivity contribution in [3.8, 4) is 0 Å². The van der Waals surface area contributed by atoms with Gasteiger partial charge in [-0.15, -0.1) is 0 Å². The molecular formula is C11H14BrN3O3. The molecule has 0 radical (unpaired) electrons. The van der Waals surface area contributed by atoms with E-state index in [0.29, 0.717) is 16.8 Å². The van der Waals surface area contributed by atoms with E-state index in [-0.39, 0.29) is 11.6 Å². The van der Waals surface area contributed by atoms with Gasteiger partial charge in [0.25, 0.3) is 5.91 Å². The Kier molecular flexibility index (Phi) is 5.08. The van der Waals surface area contributed by atoms with Gasteiger partial charge in [0.1, 0.15) is 0 Å². The number of aryl methyl sites for hydroxylation is 1. The van der Waals surface area contributed by atoms with Gasteiger partial charge < -0.3 is 10.1 Å². The van der Waals surface area contributed by atoms with Gasteiger partial charge in [0.2, 0.25) is 0 Å². The predicted octanol–water partition coefficient (Wildman–Crippen LogP) is 1.38. The Labute approximate surface area is 113 Å². The van der Waals surface area contributed by atoms with Crippen LogP contribution in [0.5, 0.6) is 0 Å². The standard InChI is InChI=1S/C11H14BrN3O3/c1-4-18-9(16)5-7(2)13-11(17)10-8(12)6-15(3)14-10/h5-6H,4H2,1-3H3,(H,13,17)/b7-5+. The van der Waals surface area contributed by atoms with Crippen molar-refractivity contribution < 1.29 is 14.3 Å². The number of aromatic nitrogens is 2. The number of carbonyl (C=O) groups is 2. The van der Waals surface area contributed by atoms with Crippen LogP contribution in [0.15, 0.2) is 22.4 Å². The van der Waals surface area contributed by atoms with Crippen molar-refractivity contribution >= 4 is 27.8 Å². The molecule has 0 aliphatic rings. The molecule has 0 bridgehead atoms. The predicted molar refractivity (Wildman–Crippen MR) is 68.8 cm³/mol. The molecular weight excluding hydrogens is 302 g/mol. The van der Waals surface area contributed by atoms with Crippen molar-refractivity contribution in [1.29, 1.82) is 0 Å². The van der Waals surface area contributed by atoms with Crippen LogP contribution in [0.1, 0.15) is 24.3 Å². The molecule has 0 aromatic carbocycles. The highest BCUT2D eigenvalue weighted by molar-refractivity contribution is 9.10. The summed E-state index contributed by atoms with van der Waals surface area (Å²) in [6.45, 7) is 3.61. The van der Waals surface area contributed by atoms with Gasteiger partial charge in [-0.3, -0.25) is 9.48 Å². The maximum absolute atomic E-state index is 11.8. The van der Waals surface area contributed by atoms with E-state index in [0.717, 1.165) is 0 Å².